The fourth-order valence-corrected chi connectivity index (χ4v) is 4.44. The summed E-state index contributed by atoms with van der Waals surface area (Å²) in [7, 11) is 0. The van der Waals surface area contributed by atoms with Crippen LogP contribution in [0.1, 0.15) is 49.2 Å². The molecule has 0 saturated heterocycles. The van der Waals surface area contributed by atoms with E-state index >= 15 is 0 Å². The van der Waals surface area contributed by atoms with Gasteiger partial charge in [0, 0.05) is 22.6 Å². The predicted molar refractivity (Wildman–Crippen MR) is 126 cm³/mol. The summed E-state index contributed by atoms with van der Waals surface area (Å²) < 4.78 is 17.6. The van der Waals surface area contributed by atoms with Crippen molar-refractivity contribution in [1.29, 1.82) is 0 Å². The Balaban J connectivity index is 1.51. The smallest absolute Gasteiger partial charge is 0.213 e. The Morgan fingerprint density at radius 2 is 1.59 bits per heavy atom. The molecule has 5 rings (SSSR count). The molecule has 0 radical (unpaired) electrons. The van der Waals surface area contributed by atoms with E-state index in [0.29, 0.717) is 18.2 Å². The van der Waals surface area contributed by atoms with Gasteiger partial charge in [-0.3, -0.25) is 0 Å². The predicted octanol–water partition coefficient (Wildman–Crippen LogP) is 6.38. The summed E-state index contributed by atoms with van der Waals surface area (Å²) in [4.78, 5) is 0. The van der Waals surface area contributed by atoms with Crippen molar-refractivity contribution in [2.75, 3.05) is 13.2 Å². The van der Waals surface area contributed by atoms with Crippen LogP contribution in [0.25, 0.3) is 0 Å². The van der Waals surface area contributed by atoms with Gasteiger partial charge in [0.25, 0.3) is 0 Å². The molecule has 0 amide bonds. The van der Waals surface area contributed by atoms with Crippen LogP contribution in [0.3, 0.4) is 0 Å². The lowest BCUT2D eigenvalue weighted by molar-refractivity contribution is -0.0190. The normalized spacial score (nSPS) is 19.0. The van der Waals surface area contributed by atoms with E-state index in [1.807, 2.05) is 68.4 Å². The SMILES string of the molecule is CCOc1ccc(C2=NN3[C@@H](C2)c2cc(Cl)ccc2O[C@H]3c2ccc(OCC)cc2)cc1. The molecule has 0 fully saturated rings. The number of fused-ring (bicyclic) bond motifs is 3. The van der Waals surface area contributed by atoms with Crippen LogP contribution >= 0.6 is 11.6 Å². The fraction of sp³-hybridized carbons (Fsp3) is 0.269. The lowest BCUT2D eigenvalue weighted by atomic mass is 9.96. The van der Waals surface area contributed by atoms with Gasteiger partial charge in [-0.15, -0.1) is 0 Å². The maximum Gasteiger partial charge on any atom is 0.213 e. The molecule has 3 aromatic rings. The highest BCUT2D eigenvalue weighted by Gasteiger charge is 2.41. The highest BCUT2D eigenvalue weighted by atomic mass is 35.5. The van der Waals surface area contributed by atoms with Gasteiger partial charge in [-0.25, -0.2) is 5.01 Å². The lowest BCUT2D eigenvalue weighted by Gasteiger charge is -2.38. The summed E-state index contributed by atoms with van der Waals surface area (Å²) >= 11 is 6.33. The second-order valence-corrected chi connectivity index (χ2v) is 8.19. The minimum Gasteiger partial charge on any atom is -0.494 e. The molecule has 2 atom stereocenters. The van der Waals surface area contributed by atoms with Crippen molar-refractivity contribution in [2.45, 2.75) is 32.5 Å². The number of benzene rings is 3. The first kappa shape index (κ1) is 20.7. The van der Waals surface area contributed by atoms with Gasteiger partial charge in [-0.2, -0.15) is 5.10 Å². The van der Waals surface area contributed by atoms with Crippen LogP contribution in [0.15, 0.2) is 71.8 Å². The molecule has 3 aromatic carbocycles. The van der Waals surface area contributed by atoms with Crippen LogP contribution in [0.5, 0.6) is 17.2 Å². The van der Waals surface area contributed by atoms with Crippen molar-refractivity contribution in [3.8, 4) is 17.2 Å². The van der Waals surface area contributed by atoms with E-state index in [0.717, 1.165) is 46.1 Å². The molecule has 0 N–H and O–H groups in total. The molecule has 0 unspecified atom stereocenters. The minimum absolute atomic E-state index is 0.0515. The molecule has 32 heavy (non-hydrogen) atoms. The summed E-state index contributed by atoms with van der Waals surface area (Å²) in [6.07, 6.45) is 0.447. The van der Waals surface area contributed by atoms with E-state index in [9.17, 15) is 0 Å². The Kier molecular flexibility index (Phi) is 5.66. The van der Waals surface area contributed by atoms with E-state index in [4.69, 9.17) is 30.9 Å². The van der Waals surface area contributed by atoms with Crippen LogP contribution in [0.4, 0.5) is 0 Å². The molecule has 2 aliphatic heterocycles. The van der Waals surface area contributed by atoms with Crippen LogP contribution < -0.4 is 14.2 Å². The maximum absolute atomic E-state index is 6.42. The second kappa shape index (κ2) is 8.75. The van der Waals surface area contributed by atoms with Crippen LogP contribution in [-0.2, 0) is 0 Å². The van der Waals surface area contributed by atoms with E-state index in [1.54, 1.807) is 0 Å². The third kappa shape index (κ3) is 3.89. The molecule has 2 aliphatic rings. The Bertz CT molecular complexity index is 1130. The zero-order valence-corrected chi connectivity index (χ0v) is 18.9. The third-order valence-electron chi connectivity index (χ3n) is 5.73. The molecule has 164 valence electrons. The van der Waals surface area contributed by atoms with Crippen molar-refractivity contribution < 1.29 is 14.2 Å². The first-order valence-electron chi connectivity index (χ1n) is 10.9. The maximum atomic E-state index is 6.42. The van der Waals surface area contributed by atoms with Crippen LogP contribution in [-0.4, -0.2) is 23.9 Å². The van der Waals surface area contributed by atoms with Crippen LogP contribution in [0.2, 0.25) is 5.02 Å². The monoisotopic (exact) mass is 448 g/mol. The van der Waals surface area contributed by atoms with E-state index < -0.39 is 0 Å². The molecule has 6 heteroatoms. The number of nitrogens with zero attached hydrogens (tertiary/aromatic N) is 2. The van der Waals surface area contributed by atoms with Gasteiger partial charge in [-0.05, 0) is 86.1 Å². The number of hydrogen-bond acceptors (Lipinski definition) is 5. The summed E-state index contributed by atoms with van der Waals surface area (Å²) in [6.45, 7) is 5.24. The van der Waals surface area contributed by atoms with Crippen molar-refractivity contribution in [1.82, 2.24) is 5.01 Å². The van der Waals surface area contributed by atoms with Crippen molar-refractivity contribution >= 4 is 17.3 Å². The Morgan fingerprint density at radius 3 is 2.25 bits per heavy atom. The number of ether oxygens (including phenoxy) is 3. The fourth-order valence-electron chi connectivity index (χ4n) is 4.26. The summed E-state index contributed by atoms with van der Waals surface area (Å²) in [5, 5.41) is 7.76. The van der Waals surface area contributed by atoms with Gasteiger partial charge in [0.1, 0.15) is 17.2 Å². The number of hydrazone groups is 1. The average molecular weight is 449 g/mol. The molecular formula is C26H25ClN2O3. The first-order chi connectivity index (χ1) is 15.7. The van der Waals surface area contributed by atoms with Crippen molar-refractivity contribution in [2.24, 2.45) is 5.10 Å². The van der Waals surface area contributed by atoms with E-state index in [2.05, 4.69) is 17.1 Å². The van der Waals surface area contributed by atoms with Gasteiger partial charge in [0.15, 0.2) is 0 Å². The zero-order chi connectivity index (χ0) is 22.1. The molecule has 2 heterocycles. The Hall–Kier alpha value is -3.18. The minimum atomic E-state index is -0.329. The summed E-state index contributed by atoms with van der Waals surface area (Å²) in [5.41, 5.74) is 4.18. The zero-order valence-electron chi connectivity index (χ0n) is 18.1. The number of halogens is 1. The molecule has 0 aromatic heterocycles. The highest BCUT2D eigenvalue weighted by Crippen LogP contribution is 2.48. The van der Waals surface area contributed by atoms with E-state index in [1.165, 1.54) is 0 Å². The standard InChI is InChI=1S/C26H25ClN2O3/c1-3-30-20-10-5-17(6-11-20)23-16-24-22-15-19(27)9-14-25(22)32-26(29(24)28-23)18-7-12-21(13-8-18)31-4-2/h5-15,24,26H,3-4,16H2,1-2H3/t24-,26-/m0/s1. The third-order valence-corrected chi connectivity index (χ3v) is 5.96. The molecule has 0 bridgehead atoms. The van der Waals surface area contributed by atoms with Gasteiger partial charge < -0.3 is 14.2 Å². The summed E-state index contributed by atoms with van der Waals surface area (Å²) in [6, 6.07) is 22.0. The number of rotatable bonds is 6. The second-order valence-electron chi connectivity index (χ2n) is 7.76. The Labute approximate surface area is 193 Å². The molecular weight excluding hydrogens is 424 g/mol. The topological polar surface area (TPSA) is 43.3 Å². The van der Waals surface area contributed by atoms with Gasteiger partial charge in [0.05, 0.1) is 25.0 Å². The quantitative estimate of drug-likeness (QED) is 0.439. The molecule has 5 nitrogen and oxygen atoms in total. The average Bonchev–Trinajstić information content (AvgIpc) is 3.26. The van der Waals surface area contributed by atoms with Gasteiger partial charge in [-0.1, -0.05) is 11.6 Å². The van der Waals surface area contributed by atoms with E-state index in [-0.39, 0.29) is 12.3 Å². The van der Waals surface area contributed by atoms with Gasteiger partial charge in [0.2, 0.25) is 6.23 Å². The van der Waals surface area contributed by atoms with Gasteiger partial charge >= 0.3 is 0 Å². The Morgan fingerprint density at radius 1 is 0.938 bits per heavy atom. The molecule has 0 spiro atoms. The highest BCUT2D eigenvalue weighted by molar-refractivity contribution is 6.30. The lowest BCUT2D eigenvalue weighted by Crippen LogP contribution is -2.33. The molecule has 0 aliphatic carbocycles. The van der Waals surface area contributed by atoms with Crippen LogP contribution in [0, 0.1) is 0 Å². The summed E-state index contributed by atoms with van der Waals surface area (Å²) in [5.74, 6) is 2.55. The molecule has 0 saturated carbocycles. The largest absolute Gasteiger partial charge is 0.494 e. The number of hydrogen-bond donors (Lipinski definition) is 0. The van der Waals surface area contributed by atoms with Crippen molar-refractivity contribution in [3.05, 3.63) is 88.4 Å². The van der Waals surface area contributed by atoms with Crippen molar-refractivity contribution in [3.63, 3.8) is 0 Å². The first-order valence-corrected chi connectivity index (χ1v) is 11.3.